The predicted octanol–water partition coefficient (Wildman–Crippen LogP) is 4.18. The van der Waals surface area contributed by atoms with Crippen molar-refractivity contribution in [3.8, 4) is 0 Å². The SMILES string of the molecule is CNC(Cc1c(Cl)cccc1Cl)C1C(C)OC(C)C1C. The van der Waals surface area contributed by atoms with Crippen LogP contribution in [0.5, 0.6) is 0 Å². The number of hydrogen-bond donors (Lipinski definition) is 1. The van der Waals surface area contributed by atoms with Crippen LogP contribution in [0.3, 0.4) is 0 Å². The molecule has 0 saturated carbocycles. The second-order valence-electron chi connectivity index (χ2n) is 5.78. The summed E-state index contributed by atoms with van der Waals surface area (Å²) in [4.78, 5) is 0. The molecule has 0 bridgehead atoms. The van der Waals surface area contributed by atoms with E-state index in [4.69, 9.17) is 27.9 Å². The van der Waals surface area contributed by atoms with E-state index in [1.54, 1.807) is 0 Å². The lowest BCUT2D eigenvalue weighted by Gasteiger charge is -2.29. The zero-order chi connectivity index (χ0) is 14.9. The first-order valence-electron chi connectivity index (χ1n) is 7.21. The summed E-state index contributed by atoms with van der Waals surface area (Å²) in [6.07, 6.45) is 1.37. The summed E-state index contributed by atoms with van der Waals surface area (Å²) in [6, 6.07) is 5.99. The van der Waals surface area contributed by atoms with Gasteiger partial charge in [-0.1, -0.05) is 36.2 Å². The molecule has 2 nitrogen and oxygen atoms in total. The second-order valence-corrected chi connectivity index (χ2v) is 6.60. The van der Waals surface area contributed by atoms with Crippen LogP contribution in [0.4, 0.5) is 0 Å². The summed E-state index contributed by atoms with van der Waals surface area (Å²) in [7, 11) is 2.00. The van der Waals surface area contributed by atoms with Gasteiger partial charge in [-0.05, 0) is 50.9 Å². The van der Waals surface area contributed by atoms with Crippen LogP contribution in [0.25, 0.3) is 0 Å². The Morgan fingerprint density at radius 3 is 2.20 bits per heavy atom. The fourth-order valence-corrected chi connectivity index (χ4v) is 3.92. The van der Waals surface area contributed by atoms with Crippen LogP contribution >= 0.6 is 23.2 Å². The van der Waals surface area contributed by atoms with Gasteiger partial charge >= 0.3 is 0 Å². The van der Waals surface area contributed by atoms with Crippen LogP contribution in [0, 0.1) is 11.8 Å². The molecule has 0 amide bonds. The Kier molecular flexibility index (Phi) is 5.36. The Hall–Kier alpha value is -0.280. The maximum absolute atomic E-state index is 6.30. The fraction of sp³-hybridized carbons (Fsp3) is 0.625. The molecule has 2 rings (SSSR count). The normalized spacial score (nSPS) is 31.5. The monoisotopic (exact) mass is 315 g/mol. The Bertz CT molecular complexity index is 446. The molecule has 112 valence electrons. The maximum atomic E-state index is 6.30. The van der Waals surface area contributed by atoms with Crippen molar-refractivity contribution in [3.63, 3.8) is 0 Å². The summed E-state index contributed by atoms with van der Waals surface area (Å²) in [5, 5.41) is 4.91. The molecule has 1 aromatic rings. The van der Waals surface area contributed by atoms with Crippen molar-refractivity contribution in [1.29, 1.82) is 0 Å². The minimum atomic E-state index is 0.249. The van der Waals surface area contributed by atoms with E-state index in [-0.39, 0.29) is 6.10 Å². The lowest BCUT2D eigenvalue weighted by atomic mass is 9.81. The van der Waals surface area contributed by atoms with Gasteiger partial charge in [0.1, 0.15) is 0 Å². The minimum Gasteiger partial charge on any atom is -0.375 e. The van der Waals surface area contributed by atoms with Gasteiger partial charge in [0.25, 0.3) is 0 Å². The Morgan fingerprint density at radius 1 is 1.15 bits per heavy atom. The summed E-state index contributed by atoms with van der Waals surface area (Å²) < 4.78 is 5.96. The molecule has 0 aromatic heterocycles. The zero-order valence-corrected chi connectivity index (χ0v) is 14.0. The highest BCUT2D eigenvalue weighted by molar-refractivity contribution is 6.36. The first-order chi connectivity index (χ1) is 9.45. The fourth-order valence-electron chi connectivity index (χ4n) is 3.37. The van der Waals surface area contributed by atoms with E-state index in [0.717, 1.165) is 22.0 Å². The third-order valence-corrected chi connectivity index (χ3v) is 5.35. The molecular weight excluding hydrogens is 293 g/mol. The average molecular weight is 316 g/mol. The van der Waals surface area contributed by atoms with Gasteiger partial charge in [-0.15, -0.1) is 0 Å². The first-order valence-corrected chi connectivity index (χ1v) is 7.97. The van der Waals surface area contributed by atoms with Crippen LogP contribution in [-0.4, -0.2) is 25.3 Å². The molecule has 5 atom stereocenters. The molecule has 20 heavy (non-hydrogen) atoms. The number of benzene rings is 1. The molecule has 1 aromatic carbocycles. The average Bonchev–Trinajstić information content (AvgIpc) is 2.64. The molecule has 1 aliphatic rings. The quantitative estimate of drug-likeness (QED) is 0.899. The molecule has 0 aliphatic carbocycles. The highest BCUT2D eigenvalue weighted by atomic mass is 35.5. The van der Waals surface area contributed by atoms with E-state index in [2.05, 4.69) is 26.1 Å². The molecule has 1 saturated heterocycles. The molecular formula is C16H23Cl2NO. The predicted molar refractivity (Wildman–Crippen MR) is 85.7 cm³/mol. The Labute approximate surface area is 131 Å². The lowest BCUT2D eigenvalue weighted by molar-refractivity contribution is 0.0479. The van der Waals surface area contributed by atoms with Gasteiger partial charge in [0, 0.05) is 22.0 Å². The number of nitrogens with one attached hydrogen (secondary N) is 1. The summed E-state index contributed by atoms with van der Waals surface area (Å²) in [5.41, 5.74) is 1.02. The molecule has 0 spiro atoms. The van der Waals surface area contributed by atoms with Crippen molar-refractivity contribution in [3.05, 3.63) is 33.8 Å². The van der Waals surface area contributed by atoms with Crippen LogP contribution in [-0.2, 0) is 11.2 Å². The summed E-state index contributed by atoms with van der Waals surface area (Å²) in [5.74, 6) is 0.978. The molecule has 1 fully saturated rings. The molecule has 1 heterocycles. The van der Waals surface area contributed by atoms with Gasteiger partial charge in [0.15, 0.2) is 0 Å². The number of likely N-dealkylation sites (N-methyl/N-ethyl adjacent to an activating group) is 1. The Morgan fingerprint density at radius 2 is 1.75 bits per heavy atom. The Balaban J connectivity index is 2.21. The van der Waals surface area contributed by atoms with Crippen LogP contribution in [0.15, 0.2) is 18.2 Å². The molecule has 5 unspecified atom stereocenters. The van der Waals surface area contributed by atoms with Crippen molar-refractivity contribution < 1.29 is 4.74 Å². The zero-order valence-electron chi connectivity index (χ0n) is 12.5. The van der Waals surface area contributed by atoms with Crippen molar-refractivity contribution in [2.75, 3.05) is 7.05 Å². The van der Waals surface area contributed by atoms with Crippen LogP contribution in [0.2, 0.25) is 10.0 Å². The van der Waals surface area contributed by atoms with Crippen molar-refractivity contribution in [1.82, 2.24) is 5.32 Å². The van der Waals surface area contributed by atoms with Gasteiger partial charge in [0.05, 0.1) is 12.2 Å². The van der Waals surface area contributed by atoms with Crippen molar-refractivity contribution in [2.24, 2.45) is 11.8 Å². The summed E-state index contributed by atoms with van der Waals surface area (Å²) in [6.45, 7) is 6.57. The van der Waals surface area contributed by atoms with Gasteiger partial charge in [0.2, 0.25) is 0 Å². The number of ether oxygens (including phenoxy) is 1. The lowest BCUT2D eigenvalue weighted by Crippen LogP contribution is -2.41. The van der Waals surface area contributed by atoms with E-state index in [0.29, 0.717) is 24.0 Å². The van der Waals surface area contributed by atoms with Gasteiger partial charge < -0.3 is 10.1 Å². The number of rotatable bonds is 4. The third kappa shape index (κ3) is 3.14. The van der Waals surface area contributed by atoms with Gasteiger partial charge in [-0.2, -0.15) is 0 Å². The molecule has 0 radical (unpaired) electrons. The van der Waals surface area contributed by atoms with Crippen LogP contribution < -0.4 is 5.32 Å². The van der Waals surface area contributed by atoms with Crippen LogP contribution in [0.1, 0.15) is 26.3 Å². The van der Waals surface area contributed by atoms with E-state index in [1.165, 1.54) is 0 Å². The third-order valence-electron chi connectivity index (χ3n) is 4.64. The van der Waals surface area contributed by atoms with E-state index in [9.17, 15) is 0 Å². The van der Waals surface area contributed by atoms with E-state index < -0.39 is 0 Å². The maximum Gasteiger partial charge on any atom is 0.0597 e. The molecule has 1 aliphatic heterocycles. The van der Waals surface area contributed by atoms with Gasteiger partial charge in [-0.25, -0.2) is 0 Å². The molecule has 4 heteroatoms. The smallest absolute Gasteiger partial charge is 0.0597 e. The van der Waals surface area contributed by atoms with E-state index >= 15 is 0 Å². The first kappa shape index (κ1) is 16.1. The highest BCUT2D eigenvalue weighted by Gasteiger charge is 2.41. The topological polar surface area (TPSA) is 21.3 Å². The van der Waals surface area contributed by atoms with E-state index in [1.807, 2.05) is 25.2 Å². The number of hydrogen-bond acceptors (Lipinski definition) is 2. The number of halogens is 2. The standard InChI is InChI=1S/C16H23Cl2NO/c1-9-10(2)20-11(3)16(9)15(19-4)8-12-13(17)6-5-7-14(12)18/h5-7,9-11,15-16,19H,8H2,1-4H3. The summed E-state index contributed by atoms with van der Waals surface area (Å²) >= 11 is 12.6. The van der Waals surface area contributed by atoms with Crippen molar-refractivity contribution in [2.45, 2.75) is 45.4 Å². The minimum absolute atomic E-state index is 0.249. The van der Waals surface area contributed by atoms with Gasteiger partial charge in [-0.3, -0.25) is 0 Å². The highest BCUT2D eigenvalue weighted by Crippen LogP contribution is 2.37. The van der Waals surface area contributed by atoms with Crippen molar-refractivity contribution >= 4 is 23.2 Å². The molecule has 1 N–H and O–H groups in total. The largest absolute Gasteiger partial charge is 0.375 e. The second kappa shape index (κ2) is 6.65.